The van der Waals surface area contributed by atoms with Gasteiger partial charge in [0, 0.05) is 5.56 Å². The number of halogens is 2. The van der Waals surface area contributed by atoms with Crippen molar-refractivity contribution in [3.05, 3.63) is 63.9 Å². The SMILES string of the molecule is NS(=O)(=O)c1ccc(C(=O)NN=Cc2ccc(F)c(Br)c2)cc1. The average molecular weight is 400 g/mol. The number of hydrogen-bond donors (Lipinski definition) is 2. The van der Waals surface area contributed by atoms with Crippen molar-refractivity contribution in [2.24, 2.45) is 10.2 Å². The molecular weight excluding hydrogens is 389 g/mol. The van der Waals surface area contributed by atoms with Crippen molar-refractivity contribution in [2.75, 3.05) is 0 Å². The first-order chi connectivity index (χ1) is 10.8. The van der Waals surface area contributed by atoms with Crippen LogP contribution < -0.4 is 10.6 Å². The predicted molar refractivity (Wildman–Crippen MR) is 87.0 cm³/mol. The Balaban J connectivity index is 2.04. The Hall–Kier alpha value is -2.10. The van der Waals surface area contributed by atoms with E-state index in [4.69, 9.17) is 5.14 Å². The number of nitrogens with zero attached hydrogens (tertiary/aromatic N) is 1. The number of carbonyl (C=O) groups is 1. The monoisotopic (exact) mass is 399 g/mol. The molecule has 0 spiro atoms. The first-order valence-corrected chi connectivity index (χ1v) is 8.52. The summed E-state index contributed by atoms with van der Waals surface area (Å²) < 4.78 is 35.6. The van der Waals surface area contributed by atoms with Gasteiger partial charge in [-0.2, -0.15) is 5.10 Å². The zero-order chi connectivity index (χ0) is 17.0. The van der Waals surface area contributed by atoms with Gasteiger partial charge in [-0.1, -0.05) is 6.07 Å². The number of amides is 1. The van der Waals surface area contributed by atoms with Gasteiger partial charge in [0.2, 0.25) is 10.0 Å². The number of nitrogens with two attached hydrogens (primary N) is 1. The van der Waals surface area contributed by atoms with Gasteiger partial charge >= 0.3 is 0 Å². The smallest absolute Gasteiger partial charge is 0.267 e. The van der Waals surface area contributed by atoms with Gasteiger partial charge in [0.05, 0.1) is 15.6 Å². The molecule has 0 aliphatic heterocycles. The Morgan fingerprint density at radius 3 is 2.43 bits per heavy atom. The molecule has 0 saturated carbocycles. The maximum Gasteiger partial charge on any atom is 0.271 e. The standard InChI is InChI=1S/C14H11BrFN3O3S/c15-12-7-9(1-6-13(12)16)8-18-19-14(20)10-2-4-11(5-3-10)23(17,21)22/h1-8H,(H,19,20)(H2,17,21,22). The van der Waals surface area contributed by atoms with Crippen molar-refractivity contribution in [3.8, 4) is 0 Å². The van der Waals surface area contributed by atoms with E-state index in [1.165, 1.54) is 48.7 Å². The normalized spacial score (nSPS) is 11.6. The molecule has 3 N–H and O–H groups in total. The predicted octanol–water partition coefficient (Wildman–Crippen LogP) is 2.00. The summed E-state index contributed by atoms with van der Waals surface area (Å²) in [6.45, 7) is 0. The third-order valence-electron chi connectivity index (χ3n) is 2.77. The van der Waals surface area contributed by atoms with E-state index < -0.39 is 21.7 Å². The fourth-order valence-corrected chi connectivity index (χ4v) is 2.53. The molecule has 0 atom stereocenters. The molecule has 2 aromatic rings. The number of primary sulfonamides is 1. The molecule has 9 heteroatoms. The van der Waals surface area contributed by atoms with Crippen molar-refractivity contribution in [3.63, 3.8) is 0 Å². The molecule has 0 bridgehead atoms. The minimum absolute atomic E-state index is 0.0892. The van der Waals surface area contributed by atoms with Crippen molar-refractivity contribution in [1.82, 2.24) is 5.43 Å². The number of nitrogens with one attached hydrogen (secondary N) is 1. The second-order valence-corrected chi connectivity index (χ2v) is 6.86. The lowest BCUT2D eigenvalue weighted by atomic mass is 10.2. The minimum Gasteiger partial charge on any atom is -0.267 e. The zero-order valence-electron chi connectivity index (χ0n) is 11.5. The first-order valence-electron chi connectivity index (χ1n) is 6.19. The van der Waals surface area contributed by atoms with Crippen LogP contribution in [0.2, 0.25) is 0 Å². The molecule has 0 fully saturated rings. The molecule has 0 aliphatic carbocycles. The molecule has 1 amide bonds. The number of benzene rings is 2. The molecule has 0 heterocycles. The van der Waals surface area contributed by atoms with Crippen molar-refractivity contribution < 1.29 is 17.6 Å². The molecule has 0 aromatic heterocycles. The fourth-order valence-electron chi connectivity index (χ4n) is 1.62. The molecule has 6 nitrogen and oxygen atoms in total. The molecule has 0 aliphatic rings. The first kappa shape index (κ1) is 17.3. The molecule has 0 saturated heterocycles. The topological polar surface area (TPSA) is 102 Å². The maximum absolute atomic E-state index is 13.1. The minimum atomic E-state index is -3.80. The molecular formula is C14H11BrFN3O3S. The van der Waals surface area contributed by atoms with Crippen LogP contribution >= 0.6 is 15.9 Å². The van der Waals surface area contributed by atoms with E-state index in [0.717, 1.165) is 0 Å². The van der Waals surface area contributed by atoms with Crippen LogP contribution in [0.25, 0.3) is 0 Å². The molecule has 120 valence electrons. The van der Waals surface area contributed by atoms with Crippen LogP contribution in [0.4, 0.5) is 4.39 Å². The quantitative estimate of drug-likeness (QED) is 0.606. The third kappa shape index (κ3) is 4.68. The molecule has 23 heavy (non-hydrogen) atoms. The summed E-state index contributed by atoms with van der Waals surface area (Å²) in [7, 11) is -3.80. The number of hydrazone groups is 1. The van der Waals surface area contributed by atoms with Crippen LogP contribution in [0.3, 0.4) is 0 Å². The number of rotatable bonds is 4. The van der Waals surface area contributed by atoms with Gasteiger partial charge in [-0.25, -0.2) is 23.4 Å². The van der Waals surface area contributed by atoms with E-state index in [1.807, 2.05) is 0 Å². The summed E-state index contributed by atoms with van der Waals surface area (Å²) in [5.41, 5.74) is 3.08. The molecule has 2 rings (SSSR count). The summed E-state index contributed by atoms with van der Waals surface area (Å²) in [5, 5.41) is 8.72. The van der Waals surface area contributed by atoms with Crippen LogP contribution in [-0.4, -0.2) is 20.5 Å². The Bertz CT molecular complexity index is 867. The Morgan fingerprint density at radius 1 is 1.22 bits per heavy atom. The van der Waals surface area contributed by atoms with E-state index in [2.05, 4.69) is 26.5 Å². The van der Waals surface area contributed by atoms with E-state index >= 15 is 0 Å². The largest absolute Gasteiger partial charge is 0.271 e. The van der Waals surface area contributed by atoms with Crippen molar-refractivity contribution in [2.45, 2.75) is 4.90 Å². The highest BCUT2D eigenvalue weighted by atomic mass is 79.9. The second-order valence-electron chi connectivity index (χ2n) is 4.44. The highest BCUT2D eigenvalue weighted by molar-refractivity contribution is 9.10. The van der Waals surface area contributed by atoms with Gasteiger partial charge in [-0.15, -0.1) is 0 Å². The van der Waals surface area contributed by atoms with Crippen molar-refractivity contribution >= 4 is 38.1 Å². The highest BCUT2D eigenvalue weighted by Crippen LogP contribution is 2.15. The van der Waals surface area contributed by atoms with Gasteiger partial charge in [-0.3, -0.25) is 4.79 Å². The van der Waals surface area contributed by atoms with Crippen LogP contribution in [0.15, 0.2) is 56.9 Å². The molecule has 0 radical (unpaired) electrons. The molecule has 0 unspecified atom stereocenters. The Kier molecular flexibility index (Phi) is 5.24. The van der Waals surface area contributed by atoms with Gasteiger partial charge in [0.1, 0.15) is 5.82 Å². The summed E-state index contributed by atoms with van der Waals surface area (Å²) >= 11 is 3.04. The van der Waals surface area contributed by atoms with Crippen LogP contribution in [0.5, 0.6) is 0 Å². The Labute approximate surface area is 140 Å². The van der Waals surface area contributed by atoms with Gasteiger partial charge in [-0.05, 0) is 57.9 Å². The second kappa shape index (κ2) is 6.99. The van der Waals surface area contributed by atoms with E-state index in [0.29, 0.717) is 5.56 Å². The number of hydrogen-bond acceptors (Lipinski definition) is 4. The third-order valence-corrected chi connectivity index (χ3v) is 4.31. The van der Waals surface area contributed by atoms with E-state index in [1.54, 1.807) is 0 Å². The highest BCUT2D eigenvalue weighted by Gasteiger charge is 2.09. The zero-order valence-corrected chi connectivity index (χ0v) is 13.9. The van der Waals surface area contributed by atoms with Crippen LogP contribution in [-0.2, 0) is 10.0 Å². The van der Waals surface area contributed by atoms with E-state index in [9.17, 15) is 17.6 Å². The summed E-state index contributed by atoms with van der Waals surface area (Å²) in [5.74, 6) is -0.926. The van der Waals surface area contributed by atoms with Crippen molar-refractivity contribution in [1.29, 1.82) is 0 Å². The fraction of sp³-hybridized carbons (Fsp3) is 0. The number of carbonyl (C=O) groups excluding carboxylic acids is 1. The van der Waals surface area contributed by atoms with Gasteiger partial charge in [0.15, 0.2) is 0 Å². The number of sulfonamides is 1. The lowest BCUT2D eigenvalue weighted by Gasteiger charge is -2.02. The summed E-state index contributed by atoms with van der Waals surface area (Å²) in [6.07, 6.45) is 1.35. The average Bonchev–Trinajstić information content (AvgIpc) is 2.50. The van der Waals surface area contributed by atoms with E-state index in [-0.39, 0.29) is 14.9 Å². The Morgan fingerprint density at radius 2 is 1.87 bits per heavy atom. The maximum atomic E-state index is 13.1. The van der Waals surface area contributed by atoms with Gasteiger partial charge in [0.25, 0.3) is 5.91 Å². The lowest BCUT2D eigenvalue weighted by molar-refractivity contribution is 0.0955. The molecule has 2 aromatic carbocycles. The van der Waals surface area contributed by atoms with Crippen LogP contribution in [0, 0.1) is 5.82 Å². The lowest BCUT2D eigenvalue weighted by Crippen LogP contribution is -2.18. The van der Waals surface area contributed by atoms with Gasteiger partial charge < -0.3 is 0 Å². The van der Waals surface area contributed by atoms with Crippen LogP contribution in [0.1, 0.15) is 15.9 Å². The summed E-state index contributed by atoms with van der Waals surface area (Å²) in [6, 6.07) is 9.36. The summed E-state index contributed by atoms with van der Waals surface area (Å²) in [4.78, 5) is 11.8.